The molecule has 2 aromatic carbocycles. The number of aliphatic hydroxyl groups is 1. The lowest BCUT2D eigenvalue weighted by Gasteiger charge is -2.28. The van der Waals surface area contributed by atoms with Gasteiger partial charge in [0.2, 0.25) is 0 Å². The van der Waals surface area contributed by atoms with Crippen LogP contribution in [0.4, 0.5) is 0 Å². The van der Waals surface area contributed by atoms with Gasteiger partial charge in [0.25, 0.3) is 11.7 Å². The van der Waals surface area contributed by atoms with Crippen molar-refractivity contribution in [2.45, 2.75) is 44.4 Å². The van der Waals surface area contributed by atoms with Crippen LogP contribution < -0.4 is 14.2 Å². The molecule has 3 aliphatic heterocycles. The average molecular weight is 480 g/mol. The van der Waals surface area contributed by atoms with Gasteiger partial charge in [0, 0.05) is 25.1 Å². The predicted molar refractivity (Wildman–Crippen MR) is 128 cm³/mol. The largest absolute Gasteiger partial charge is 0.507 e. The van der Waals surface area contributed by atoms with Crippen molar-refractivity contribution in [1.82, 2.24) is 4.90 Å². The number of hydrogen-bond acceptors (Lipinski definition) is 7. The second-order valence-corrected chi connectivity index (χ2v) is 9.16. The molecule has 0 unspecified atom stereocenters. The van der Waals surface area contributed by atoms with E-state index in [0.29, 0.717) is 35.7 Å². The first-order valence-corrected chi connectivity index (χ1v) is 11.8. The number of fused-ring (bicyclic) bond motifs is 1. The number of rotatable bonds is 6. The normalized spacial score (nSPS) is 25.0. The fourth-order valence-corrected chi connectivity index (χ4v) is 5.17. The molecule has 5 rings (SSSR count). The van der Waals surface area contributed by atoms with Crippen LogP contribution in [0.15, 0.2) is 42.0 Å². The van der Waals surface area contributed by atoms with Gasteiger partial charge in [-0.1, -0.05) is 6.07 Å². The number of carbonyl (C=O) groups is 2. The van der Waals surface area contributed by atoms with Crippen LogP contribution in [0.3, 0.4) is 0 Å². The second-order valence-electron chi connectivity index (χ2n) is 9.16. The molecule has 2 aromatic rings. The lowest BCUT2D eigenvalue weighted by atomic mass is 9.94. The van der Waals surface area contributed by atoms with Crippen LogP contribution in [0.5, 0.6) is 17.2 Å². The molecule has 8 heteroatoms. The third kappa shape index (κ3) is 4.12. The molecule has 1 amide bonds. The maximum atomic E-state index is 13.3. The summed E-state index contributed by atoms with van der Waals surface area (Å²) >= 11 is 0. The molecule has 184 valence electrons. The van der Waals surface area contributed by atoms with Gasteiger partial charge in [0.1, 0.15) is 17.6 Å². The van der Waals surface area contributed by atoms with Gasteiger partial charge in [-0.2, -0.15) is 0 Å². The van der Waals surface area contributed by atoms with Crippen molar-refractivity contribution in [3.8, 4) is 17.2 Å². The number of likely N-dealkylation sites (tertiary alicyclic amines) is 1. The summed E-state index contributed by atoms with van der Waals surface area (Å²) in [6, 6.07) is 9.80. The van der Waals surface area contributed by atoms with Crippen LogP contribution in [0.1, 0.15) is 42.5 Å². The Morgan fingerprint density at radius 3 is 2.63 bits per heavy atom. The van der Waals surface area contributed by atoms with Gasteiger partial charge < -0.3 is 29.0 Å². The number of nitrogens with zero attached hydrogens (tertiary/aromatic N) is 1. The van der Waals surface area contributed by atoms with Crippen LogP contribution in [-0.4, -0.2) is 61.3 Å². The van der Waals surface area contributed by atoms with Gasteiger partial charge in [-0.25, -0.2) is 0 Å². The van der Waals surface area contributed by atoms with Crippen molar-refractivity contribution in [2.75, 3.05) is 27.4 Å². The first-order chi connectivity index (χ1) is 16.9. The van der Waals surface area contributed by atoms with Crippen LogP contribution in [0, 0.1) is 0 Å². The molecule has 0 radical (unpaired) electrons. The van der Waals surface area contributed by atoms with Gasteiger partial charge in [0.15, 0.2) is 11.5 Å². The van der Waals surface area contributed by atoms with E-state index in [2.05, 4.69) is 0 Å². The Kier molecular flexibility index (Phi) is 6.15. The molecule has 2 fully saturated rings. The number of Topliss-reactive ketones (excluding diaryl/α,β-unsaturated/α-hetero) is 1. The van der Waals surface area contributed by atoms with E-state index < -0.39 is 17.7 Å². The van der Waals surface area contributed by atoms with Crippen molar-refractivity contribution in [1.29, 1.82) is 0 Å². The zero-order chi connectivity index (χ0) is 24.7. The molecule has 1 N–H and O–H groups in total. The zero-order valence-corrected chi connectivity index (χ0v) is 20.1. The Hall–Kier alpha value is -3.52. The fraction of sp³-hybridized carbons (Fsp3) is 0.407. The predicted octanol–water partition coefficient (Wildman–Crippen LogP) is 3.63. The summed E-state index contributed by atoms with van der Waals surface area (Å²) in [5, 5.41) is 11.4. The number of ether oxygens (including phenoxy) is 4. The highest BCUT2D eigenvalue weighted by Gasteiger charge is 2.47. The summed E-state index contributed by atoms with van der Waals surface area (Å²) in [5.74, 6) is 0.187. The van der Waals surface area contributed by atoms with Crippen molar-refractivity contribution in [2.24, 2.45) is 0 Å². The van der Waals surface area contributed by atoms with Crippen LogP contribution in [0.25, 0.3) is 5.76 Å². The third-order valence-electron chi connectivity index (χ3n) is 6.86. The molecular weight excluding hydrogens is 450 g/mol. The molecule has 0 saturated carbocycles. The van der Waals surface area contributed by atoms with Gasteiger partial charge in [-0.15, -0.1) is 0 Å². The Bertz CT molecular complexity index is 1200. The van der Waals surface area contributed by atoms with E-state index in [1.807, 2.05) is 13.0 Å². The molecule has 8 nitrogen and oxygen atoms in total. The first-order valence-electron chi connectivity index (χ1n) is 11.8. The lowest BCUT2D eigenvalue weighted by Crippen LogP contribution is -2.36. The van der Waals surface area contributed by atoms with E-state index in [1.54, 1.807) is 37.4 Å². The smallest absolute Gasteiger partial charge is 0.295 e. The number of benzene rings is 2. The summed E-state index contributed by atoms with van der Waals surface area (Å²) in [7, 11) is 3.07. The van der Waals surface area contributed by atoms with Crippen LogP contribution in [0.2, 0.25) is 0 Å². The van der Waals surface area contributed by atoms with Gasteiger partial charge in [0.05, 0.1) is 31.9 Å². The van der Waals surface area contributed by atoms with Crippen molar-refractivity contribution >= 4 is 17.4 Å². The molecule has 0 spiro atoms. The Labute approximate surface area is 204 Å². The molecule has 3 heterocycles. The summed E-state index contributed by atoms with van der Waals surface area (Å²) in [5.41, 5.74) is 2.12. The maximum absolute atomic E-state index is 13.3. The van der Waals surface area contributed by atoms with E-state index >= 15 is 0 Å². The first kappa shape index (κ1) is 23.2. The van der Waals surface area contributed by atoms with E-state index in [-0.39, 0.29) is 30.1 Å². The Morgan fingerprint density at radius 2 is 1.91 bits per heavy atom. The van der Waals surface area contributed by atoms with E-state index in [4.69, 9.17) is 18.9 Å². The summed E-state index contributed by atoms with van der Waals surface area (Å²) in [6.07, 6.45) is 2.32. The molecule has 0 aliphatic carbocycles. The summed E-state index contributed by atoms with van der Waals surface area (Å²) in [6.45, 7) is 2.87. The number of amides is 1. The summed E-state index contributed by atoms with van der Waals surface area (Å²) in [4.78, 5) is 28.1. The van der Waals surface area contributed by atoms with Crippen LogP contribution >= 0.6 is 0 Å². The SMILES string of the molecule is COc1ccc([C@H]2C(=C(O)c3ccc4c(c3)C[C@@H](C)O4)C(=O)C(=O)N2C[C@@H]2CCCO2)cc1OC. The number of methoxy groups -OCH3 is 2. The average Bonchev–Trinajstić information content (AvgIpc) is 3.57. The Morgan fingerprint density at radius 1 is 1.11 bits per heavy atom. The van der Waals surface area contributed by atoms with E-state index in [1.165, 1.54) is 12.0 Å². The second kappa shape index (κ2) is 9.26. The van der Waals surface area contributed by atoms with Gasteiger partial charge in [-0.3, -0.25) is 9.59 Å². The number of hydrogen-bond donors (Lipinski definition) is 1. The maximum Gasteiger partial charge on any atom is 0.295 e. The Balaban J connectivity index is 1.62. The minimum atomic E-state index is -0.789. The molecule has 0 aromatic heterocycles. The standard InChI is InChI=1S/C27H29NO7/c1-15-11-18-12-17(7-8-20(18)35-15)25(29)23-24(16-6-9-21(32-2)22(13-16)33-3)28(27(31)26(23)30)14-19-5-4-10-34-19/h6-9,12-13,15,19,24,29H,4-5,10-11,14H2,1-3H3/t15-,19+,24+/m1/s1. The van der Waals surface area contributed by atoms with E-state index in [0.717, 1.165) is 24.2 Å². The molecule has 0 bridgehead atoms. The third-order valence-corrected chi connectivity index (χ3v) is 6.86. The van der Waals surface area contributed by atoms with E-state index in [9.17, 15) is 14.7 Å². The monoisotopic (exact) mass is 479 g/mol. The fourth-order valence-electron chi connectivity index (χ4n) is 5.17. The molecule has 3 aliphatic rings. The quantitative estimate of drug-likeness (QED) is 0.384. The van der Waals surface area contributed by atoms with Crippen molar-refractivity contribution in [3.05, 3.63) is 58.7 Å². The minimum Gasteiger partial charge on any atom is -0.507 e. The minimum absolute atomic E-state index is 0.0474. The molecular formula is C27H29NO7. The van der Waals surface area contributed by atoms with Crippen molar-refractivity contribution in [3.63, 3.8) is 0 Å². The lowest BCUT2D eigenvalue weighted by molar-refractivity contribution is -0.140. The highest BCUT2D eigenvalue weighted by Crippen LogP contribution is 2.43. The number of ketones is 1. The highest BCUT2D eigenvalue weighted by molar-refractivity contribution is 6.46. The topological polar surface area (TPSA) is 94.5 Å². The van der Waals surface area contributed by atoms with Crippen LogP contribution in [-0.2, 0) is 20.7 Å². The van der Waals surface area contributed by atoms with Crippen molar-refractivity contribution < 1.29 is 33.6 Å². The zero-order valence-electron chi connectivity index (χ0n) is 20.1. The molecule has 35 heavy (non-hydrogen) atoms. The van der Waals surface area contributed by atoms with Gasteiger partial charge in [-0.05, 0) is 61.2 Å². The van der Waals surface area contributed by atoms with Gasteiger partial charge >= 0.3 is 0 Å². The number of carbonyl (C=O) groups excluding carboxylic acids is 2. The molecule has 3 atom stereocenters. The number of aliphatic hydroxyl groups excluding tert-OH is 1. The molecule has 2 saturated heterocycles. The highest BCUT2D eigenvalue weighted by atomic mass is 16.5. The summed E-state index contributed by atoms with van der Waals surface area (Å²) < 4.78 is 22.4.